The number of carbonyl (C=O) groups is 2. The van der Waals surface area contributed by atoms with Crippen LogP contribution in [0.15, 0.2) is 6.07 Å². The Balaban J connectivity index is 4.02. The summed E-state index contributed by atoms with van der Waals surface area (Å²) in [6, 6.07) is -0.427. The van der Waals surface area contributed by atoms with Crippen LogP contribution in [0, 0.1) is 91.0 Å². The van der Waals surface area contributed by atoms with Crippen LogP contribution in [0.3, 0.4) is 0 Å². The molecule has 1 aromatic carbocycles. The van der Waals surface area contributed by atoms with Gasteiger partial charge in [0.05, 0.1) is 20.8 Å². The summed E-state index contributed by atoms with van der Waals surface area (Å²) in [5.41, 5.74) is -11.0. The second-order valence-electron chi connectivity index (χ2n) is 7.03. The van der Waals surface area contributed by atoms with Gasteiger partial charge >= 0.3 is 42.4 Å². The molecule has 31 heteroatoms. The lowest BCUT2D eigenvalue weighted by molar-refractivity contribution is -0.970. The summed E-state index contributed by atoms with van der Waals surface area (Å²) in [5.74, 6) is -14.6. The van der Waals surface area contributed by atoms with E-state index in [1.54, 1.807) is 0 Å². The quantitative estimate of drug-likeness (QED) is 0.0942. The maximum absolute atomic E-state index is 12.6. The van der Waals surface area contributed by atoms with E-state index in [9.17, 15) is 101 Å². The molecule has 0 unspecified atom stereocenters. The molecule has 0 saturated heterocycles. The lowest BCUT2D eigenvalue weighted by atomic mass is 10.0. The lowest BCUT2D eigenvalue weighted by Gasteiger charge is -2.12. The third-order valence-electron chi connectivity index (χ3n) is 4.79. The summed E-state index contributed by atoms with van der Waals surface area (Å²) >= 11 is 0. The van der Waals surface area contributed by atoms with E-state index in [0.717, 1.165) is 0 Å². The number of nitrogens with zero attached hydrogens (tertiary/aromatic N) is 9. The Morgan fingerprint density at radius 3 is 0.953 bits per heavy atom. The van der Waals surface area contributed by atoms with Gasteiger partial charge in [0.2, 0.25) is 11.1 Å². The molecule has 230 valence electrons. The zero-order valence-corrected chi connectivity index (χ0v) is 19.5. The van der Waals surface area contributed by atoms with Crippen molar-refractivity contribution in [3.05, 3.63) is 108 Å². The average Bonchev–Trinajstić information content (AvgIpc) is 2.86. The van der Waals surface area contributed by atoms with Gasteiger partial charge in [-0.3, -0.25) is 91.0 Å². The Kier molecular flexibility index (Phi) is 9.33. The first kappa shape index (κ1) is 33.8. The predicted octanol–water partition coefficient (Wildman–Crippen LogP) is -1.31. The second kappa shape index (κ2) is 11.9. The van der Waals surface area contributed by atoms with Crippen molar-refractivity contribution in [1.29, 1.82) is 0 Å². The molecule has 1 aromatic rings. The van der Waals surface area contributed by atoms with Gasteiger partial charge in [-0.25, -0.2) is 9.59 Å². The number of ether oxygens (including phenoxy) is 2. The Morgan fingerprint density at radius 1 is 0.512 bits per heavy atom. The Morgan fingerprint density at radius 2 is 0.767 bits per heavy atom. The zero-order chi connectivity index (χ0) is 33.8. The molecule has 0 bridgehead atoms. The van der Waals surface area contributed by atoms with Crippen LogP contribution in [-0.4, -0.2) is 81.0 Å². The van der Waals surface area contributed by atoms with Crippen molar-refractivity contribution in [1.82, 2.24) is 0 Å². The van der Waals surface area contributed by atoms with Crippen molar-refractivity contribution in [3.8, 4) is 0 Å². The standard InChI is InChI=1S/C12H5N9O22/c22-9(42-2-11(16(30)31,17(32)33)18(34)35)6-4(13(24)25)1-5(14(26)27)7(8(6)15(28)29)10(23)43-3-12(19(36)37,20(38)39)21(40)41/h1H,2-3H2. The normalized spacial score (nSPS) is 11.0. The molecule has 0 fully saturated rings. The molecule has 0 heterocycles. The van der Waals surface area contributed by atoms with E-state index in [1.807, 2.05) is 0 Å². The fraction of sp³-hybridized carbons (Fsp3) is 0.333. The molecular formula is C12H5N9O22. The van der Waals surface area contributed by atoms with Gasteiger partial charge in [-0.1, -0.05) is 0 Å². The van der Waals surface area contributed by atoms with E-state index in [-0.39, 0.29) is 0 Å². The van der Waals surface area contributed by atoms with Gasteiger partial charge in [0.1, 0.15) is 0 Å². The summed E-state index contributed by atoms with van der Waals surface area (Å²) < 4.78 is 7.88. The molecular weight excluding hydrogens is 622 g/mol. The molecule has 0 spiro atoms. The Labute approximate surface area is 226 Å². The van der Waals surface area contributed by atoms with Crippen LogP contribution in [0.2, 0.25) is 0 Å². The van der Waals surface area contributed by atoms with Crippen LogP contribution < -0.4 is 0 Å². The van der Waals surface area contributed by atoms with Crippen LogP contribution >= 0.6 is 0 Å². The molecule has 0 radical (unpaired) electrons. The van der Waals surface area contributed by atoms with E-state index in [2.05, 4.69) is 9.47 Å². The van der Waals surface area contributed by atoms with Crippen molar-refractivity contribution >= 4 is 29.0 Å². The first-order chi connectivity index (χ1) is 19.6. The van der Waals surface area contributed by atoms with E-state index in [4.69, 9.17) is 0 Å². The van der Waals surface area contributed by atoms with Crippen molar-refractivity contribution in [3.63, 3.8) is 0 Å². The number of benzene rings is 1. The monoisotopic (exact) mass is 627 g/mol. The number of hydrogen-bond donors (Lipinski definition) is 0. The highest BCUT2D eigenvalue weighted by molar-refractivity contribution is 6.08. The number of esters is 2. The molecule has 43 heavy (non-hydrogen) atoms. The number of nitro groups is 9. The minimum Gasteiger partial charge on any atom is -0.437 e. The fourth-order valence-electron chi connectivity index (χ4n) is 2.70. The number of carbonyl (C=O) groups excluding carboxylic acids is 2. The minimum atomic E-state index is -4.63. The predicted molar refractivity (Wildman–Crippen MR) is 114 cm³/mol. The Bertz CT molecular complexity index is 1360. The van der Waals surface area contributed by atoms with Crippen LogP contribution in [0.4, 0.5) is 17.1 Å². The third-order valence-corrected chi connectivity index (χ3v) is 4.79. The molecule has 0 N–H and O–H groups in total. The van der Waals surface area contributed by atoms with Crippen LogP contribution in [0.5, 0.6) is 0 Å². The fourth-order valence-corrected chi connectivity index (χ4v) is 2.70. The topological polar surface area (TPSA) is 441 Å². The first-order valence-corrected chi connectivity index (χ1v) is 9.48. The lowest BCUT2D eigenvalue weighted by Crippen LogP contribution is -2.57. The third kappa shape index (κ3) is 5.72. The van der Waals surface area contributed by atoms with E-state index < -0.39 is 115 Å². The highest BCUT2D eigenvalue weighted by atomic mass is 16.8. The summed E-state index contributed by atoms with van der Waals surface area (Å²) in [5, 5.41) is 101. The maximum atomic E-state index is 12.6. The van der Waals surface area contributed by atoms with Gasteiger partial charge in [0.15, 0.2) is 29.5 Å². The molecule has 0 atom stereocenters. The molecule has 0 aliphatic carbocycles. The average molecular weight is 627 g/mol. The van der Waals surface area contributed by atoms with Crippen molar-refractivity contribution < 1.29 is 63.4 Å². The Hall–Kier alpha value is -7.24. The largest absolute Gasteiger partial charge is 0.734 e. The van der Waals surface area contributed by atoms with Gasteiger partial charge in [0, 0.05) is 0 Å². The molecule has 0 aromatic heterocycles. The summed E-state index contributed by atoms with van der Waals surface area (Å²) in [4.78, 5) is 107. The number of rotatable bonds is 15. The van der Waals surface area contributed by atoms with Crippen LogP contribution in [0.25, 0.3) is 0 Å². The molecule has 0 aliphatic heterocycles. The highest BCUT2D eigenvalue weighted by Crippen LogP contribution is 2.40. The smallest absolute Gasteiger partial charge is 0.437 e. The highest BCUT2D eigenvalue weighted by Gasteiger charge is 2.73. The van der Waals surface area contributed by atoms with E-state index >= 15 is 0 Å². The van der Waals surface area contributed by atoms with Crippen LogP contribution in [0.1, 0.15) is 20.7 Å². The zero-order valence-electron chi connectivity index (χ0n) is 19.5. The van der Waals surface area contributed by atoms with E-state index in [0.29, 0.717) is 0 Å². The molecule has 1 rings (SSSR count). The minimum absolute atomic E-state index is 0.427. The summed E-state index contributed by atoms with van der Waals surface area (Å²) in [7, 11) is 0. The van der Waals surface area contributed by atoms with Gasteiger partial charge < -0.3 is 9.47 Å². The van der Waals surface area contributed by atoms with Gasteiger partial charge in [-0.2, -0.15) is 0 Å². The second-order valence-corrected chi connectivity index (χ2v) is 7.03. The van der Waals surface area contributed by atoms with Crippen molar-refractivity contribution in [2.24, 2.45) is 0 Å². The summed E-state index contributed by atoms with van der Waals surface area (Å²) in [6.07, 6.45) is 0. The first-order valence-electron chi connectivity index (χ1n) is 9.48. The van der Waals surface area contributed by atoms with Gasteiger partial charge in [-0.15, -0.1) is 0 Å². The SMILES string of the molecule is O=C(OCC([N+](=O)[O-])([N+](=O)[O-])[N+](=O)[O-])c1c([N+](=O)[O-])cc([N+](=O)[O-])c(C(=O)OCC([N+](=O)[O-])([N+](=O)[O-])[N+](=O)[O-])c1[N+](=O)[O-]. The van der Waals surface area contributed by atoms with Gasteiger partial charge in [0.25, 0.3) is 11.4 Å². The van der Waals surface area contributed by atoms with Gasteiger partial charge in [-0.05, 0) is 0 Å². The molecule has 0 amide bonds. The molecule has 31 nitrogen and oxygen atoms in total. The van der Waals surface area contributed by atoms with Crippen molar-refractivity contribution in [2.45, 2.75) is 11.6 Å². The van der Waals surface area contributed by atoms with Crippen molar-refractivity contribution in [2.75, 3.05) is 13.2 Å². The maximum Gasteiger partial charge on any atom is 0.734 e. The number of hydrogen-bond acceptors (Lipinski definition) is 22. The molecule has 0 aliphatic rings. The van der Waals surface area contributed by atoms with E-state index in [1.165, 1.54) is 0 Å². The number of nitro benzene ring substituents is 3. The molecule has 0 saturated carbocycles. The summed E-state index contributed by atoms with van der Waals surface area (Å²) in [6.45, 7) is -5.11. The van der Waals surface area contributed by atoms with Crippen LogP contribution in [-0.2, 0) is 9.47 Å².